The zero-order chi connectivity index (χ0) is 27.5. The van der Waals surface area contributed by atoms with Gasteiger partial charge in [-0.15, -0.1) is 0 Å². The number of carbonyl (C=O) groups excluding carboxylic acids is 1. The molecule has 1 aliphatic heterocycles. The summed E-state index contributed by atoms with van der Waals surface area (Å²) in [6.07, 6.45) is 5.92. The molecule has 2 heterocycles. The molecule has 1 saturated heterocycles. The molecule has 204 valence electrons. The molecule has 0 unspecified atom stereocenters. The van der Waals surface area contributed by atoms with Crippen LogP contribution in [-0.2, 0) is 19.9 Å². The van der Waals surface area contributed by atoms with Crippen molar-refractivity contribution < 1.29 is 21.6 Å². The number of hydrogen-bond donors (Lipinski definition) is 2. The Kier molecular flexibility index (Phi) is 8.51. The number of benzene rings is 2. The minimum absolute atomic E-state index is 0.0118. The molecule has 0 saturated carbocycles. The summed E-state index contributed by atoms with van der Waals surface area (Å²) in [7, 11) is -7.29. The quantitative estimate of drug-likeness (QED) is 0.414. The molecule has 1 fully saturated rings. The van der Waals surface area contributed by atoms with Crippen LogP contribution in [0, 0.1) is 0 Å². The summed E-state index contributed by atoms with van der Waals surface area (Å²) < 4.78 is 52.9. The van der Waals surface area contributed by atoms with Gasteiger partial charge < -0.3 is 5.32 Å². The van der Waals surface area contributed by atoms with Gasteiger partial charge in [-0.1, -0.05) is 12.5 Å². The van der Waals surface area contributed by atoms with Gasteiger partial charge in [0.15, 0.2) is 9.84 Å². The molecule has 1 aliphatic rings. The predicted octanol–water partition coefficient (Wildman–Crippen LogP) is 2.98. The molecular formula is C27H34N4O5S2. The fourth-order valence-electron chi connectivity index (χ4n) is 4.97. The van der Waals surface area contributed by atoms with Crippen LogP contribution < -0.4 is 10.0 Å². The van der Waals surface area contributed by atoms with Gasteiger partial charge in [-0.25, -0.2) is 21.6 Å². The first-order chi connectivity index (χ1) is 18.0. The fourth-order valence-corrected chi connectivity index (χ4v) is 6.90. The van der Waals surface area contributed by atoms with Gasteiger partial charge in [0.1, 0.15) is 0 Å². The molecule has 1 amide bonds. The first-order valence-electron chi connectivity index (χ1n) is 12.7. The highest BCUT2D eigenvalue weighted by atomic mass is 32.2. The summed E-state index contributed by atoms with van der Waals surface area (Å²) in [4.78, 5) is 19.9. The fraction of sp³-hybridized carbons (Fsp3) is 0.407. The van der Waals surface area contributed by atoms with Gasteiger partial charge in [-0.3, -0.25) is 14.7 Å². The van der Waals surface area contributed by atoms with Crippen molar-refractivity contribution in [2.45, 2.75) is 61.0 Å². The molecule has 9 nitrogen and oxygen atoms in total. The van der Waals surface area contributed by atoms with E-state index in [-0.39, 0.29) is 16.3 Å². The highest BCUT2D eigenvalue weighted by Crippen LogP contribution is 2.24. The number of pyridine rings is 1. The van der Waals surface area contributed by atoms with Crippen LogP contribution in [0.25, 0.3) is 10.9 Å². The van der Waals surface area contributed by atoms with Crippen LogP contribution in [0.5, 0.6) is 0 Å². The third-order valence-electron chi connectivity index (χ3n) is 7.10. The summed E-state index contributed by atoms with van der Waals surface area (Å²) in [5.74, 6) is -0.402. The Labute approximate surface area is 224 Å². The maximum atomic E-state index is 13.3. The lowest BCUT2D eigenvalue weighted by Gasteiger charge is -2.41. The highest BCUT2D eigenvalue weighted by molar-refractivity contribution is 7.90. The number of likely N-dealkylation sites (tertiary alicyclic amines) is 1. The topological polar surface area (TPSA) is 126 Å². The van der Waals surface area contributed by atoms with E-state index in [1.54, 1.807) is 30.5 Å². The van der Waals surface area contributed by atoms with Crippen molar-refractivity contribution in [1.29, 1.82) is 0 Å². The zero-order valence-electron chi connectivity index (χ0n) is 21.8. The van der Waals surface area contributed by atoms with E-state index in [0.717, 1.165) is 25.5 Å². The second-order valence-electron chi connectivity index (χ2n) is 9.97. The van der Waals surface area contributed by atoms with Crippen molar-refractivity contribution in [1.82, 2.24) is 19.9 Å². The zero-order valence-corrected chi connectivity index (χ0v) is 23.4. The number of sulfonamides is 1. The number of carbonyl (C=O) groups is 1. The van der Waals surface area contributed by atoms with Crippen molar-refractivity contribution >= 4 is 36.7 Å². The molecule has 0 spiro atoms. The normalized spacial score (nSPS) is 19.8. The number of hydrogen-bond acceptors (Lipinski definition) is 7. The monoisotopic (exact) mass is 558 g/mol. The highest BCUT2D eigenvalue weighted by Gasteiger charge is 2.29. The van der Waals surface area contributed by atoms with E-state index < -0.39 is 31.8 Å². The van der Waals surface area contributed by atoms with Gasteiger partial charge in [-0.2, -0.15) is 0 Å². The number of rotatable bonds is 9. The number of sulfone groups is 1. The standard InChI is InChI=1S/C27H34N4O5S2/c1-19-7-4-8-20(2)31(19)18-22(30-27(32)21-12-14-23(15-13-21)37(3,33)34)17-29-38(35,36)26-11-5-10-25-24(26)9-6-16-28-25/h5-6,9-16,19-20,22,29H,4,7-8,17-18H2,1-3H3,(H,30,32)/t19-,20+,22-/m0/s1. The molecule has 2 aromatic carbocycles. The van der Waals surface area contributed by atoms with Gasteiger partial charge in [0.25, 0.3) is 5.91 Å². The first kappa shape index (κ1) is 28.2. The molecule has 3 aromatic rings. The van der Waals surface area contributed by atoms with E-state index in [2.05, 4.69) is 33.8 Å². The van der Waals surface area contributed by atoms with E-state index in [0.29, 0.717) is 35.1 Å². The Hall–Kier alpha value is -2.86. The largest absolute Gasteiger partial charge is 0.347 e. The van der Waals surface area contributed by atoms with Crippen LogP contribution in [0.15, 0.2) is 70.6 Å². The summed E-state index contributed by atoms with van der Waals surface area (Å²) in [5.41, 5.74) is 0.874. The molecule has 38 heavy (non-hydrogen) atoms. The molecular weight excluding hydrogens is 524 g/mol. The lowest BCUT2D eigenvalue weighted by Crippen LogP contribution is -2.54. The van der Waals surface area contributed by atoms with Gasteiger partial charge >= 0.3 is 0 Å². The molecule has 11 heteroatoms. The lowest BCUT2D eigenvalue weighted by molar-refractivity contribution is 0.0799. The number of piperidine rings is 1. The van der Waals surface area contributed by atoms with E-state index in [1.807, 2.05) is 0 Å². The maximum absolute atomic E-state index is 13.3. The Balaban J connectivity index is 1.56. The number of aromatic nitrogens is 1. The lowest BCUT2D eigenvalue weighted by atomic mass is 9.97. The van der Waals surface area contributed by atoms with Crippen molar-refractivity contribution in [3.8, 4) is 0 Å². The smallest absolute Gasteiger partial charge is 0.251 e. The maximum Gasteiger partial charge on any atom is 0.251 e. The second-order valence-corrected chi connectivity index (χ2v) is 13.7. The first-order valence-corrected chi connectivity index (χ1v) is 16.0. The number of fused-ring (bicyclic) bond motifs is 1. The molecule has 2 N–H and O–H groups in total. The molecule has 0 bridgehead atoms. The van der Waals surface area contributed by atoms with Crippen LogP contribution in [0.3, 0.4) is 0 Å². The van der Waals surface area contributed by atoms with Crippen LogP contribution >= 0.6 is 0 Å². The number of nitrogens with zero attached hydrogens (tertiary/aromatic N) is 2. The molecule has 0 aliphatic carbocycles. The Morgan fingerprint density at radius 2 is 1.68 bits per heavy atom. The number of nitrogens with one attached hydrogen (secondary N) is 2. The third-order valence-corrected chi connectivity index (χ3v) is 9.71. The SMILES string of the molecule is C[C@@H]1CCC[C@H](C)N1C[C@H](CNS(=O)(=O)c1cccc2ncccc12)NC(=O)c1ccc(S(C)(=O)=O)cc1. The van der Waals surface area contributed by atoms with Crippen LogP contribution in [0.1, 0.15) is 43.5 Å². The van der Waals surface area contributed by atoms with Gasteiger partial charge in [-0.05, 0) is 75.2 Å². The third kappa shape index (κ3) is 6.58. The Morgan fingerprint density at radius 1 is 1.00 bits per heavy atom. The Bertz CT molecular complexity index is 1490. The summed E-state index contributed by atoms with van der Waals surface area (Å²) in [5, 5.41) is 3.49. The van der Waals surface area contributed by atoms with Crippen molar-refractivity contribution in [2.24, 2.45) is 0 Å². The van der Waals surface area contributed by atoms with Crippen LogP contribution in [-0.4, -0.2) is 70.1 Å². The van der Waals surface area contributed by atoms with Gasteiger partial charge in [0.05, 0.1) is 21.3 Å². The summed E-state index contributed by atoms with van der Waals surface area (Å²) in [6.45, 7) is 4.74. The summed E-state index contributed by atoms with van der Waals surface area (Å²) in [6, 6.07) is 14.1. The van der Waals surface area contributed by atoms with Crippen LogP contribution in [0.2, 0.25) is 0 Å². The van der Waals surface area contributed by atoms with Gasteiger partial charge in [0, 0.05) is 48.6 Å². The van der Waals surface area contributed by atoms with Crippen molar-refractivity contribution in [3.63, 3.8) is 0 Å². The van der Waals surface area contributed by atoms with E-state index >= 15 is 0 Å². The minimum atomic E-state index is -3.90. The minimum Gasteiger partial charge on any atom is -0.347 e. The summed E-state index contributed by atoms with van der Waals surface area (Å²) >= 11 is 0. The van der Waals surface area contributed by atoms with E-state index in [1.165, 1.54) is 30.3 Å². The molecule has 0 radical (unpaired) electrons. The second kappa shape index (κ2) is 11.5. The van der Waals surface area contributed by atoms with E-state index in [4.69, 9.17) is 0 Å². The van der Waals surface area contributed by atoms with Crippen molar-refractivity contribution in [3.05, 3.63) is 66.4 Å². The Morgan fingerprint density at radius 3 is 2.34 bits per heavy atom. The van der Waals surface area contributed by atoms with Crippen LogP contribution in [0.4, 0.5) is 0 Å². The average Bonchev–Trinajstić information content (AvgIpc) is 2.88. The van der Waals surface area contributed by atoms with Crippen molar-refractivity contribution in [2.75, 3.05) is 19.3 Å². The average molecular weight is 559 g/mol. The van der Waals surface area contributed by atoms with E-state index in [9.17, 15) is 21.6 Å². The number of amides is 1. The predicted molar refractivity (Wildman–Crippen MR) is 147 cm³/mol. The van der Waals surface area contributed by atoms with Gasteiger partial charge in [0.2, 0.25) is 10.0 Å². The molecule has 1 aromatic heterocycles. The molecule has 4 rings (SSSR count). The molecule has 3 atom stereocenters.